The van der Waals surface area contributed by atoms with E-state index in [-0.39, 0.29) is 12.4 Å². The second-order valence-electron chi connectivity index (χ2n) is 5.51. The summed E-state index contributed by atoms with van der Waals surface area (Å²) in [7, 11) is 0. The first-order valence-electron chi connectivity index (χ1n) is 6.94. The fourth-order valence-electron chi connectivity index (χ4n) is 2.97. The molecule has 1 fully saturated rings. The predicted octanol–water partition coefficient (Wildman–Crippen LogP) is 2.09. The van der Waals surface area contributed by atoms with E-state index in [2.05, 4.69) is 17.4 Å². The molecule has 19 heavy (non-hydrogen) atoms. The Bertz CT molecular complexity index is 430. The molecule has 2 aliphatic rings. The molecule has 1 aromatic carbocycles. The lowest BCUT2D eigenvalue weighted by Gasteiger charge is -2.32. The molecule has 0 aromatic heterocycles. The maximum absolute atomic E-state index is 10.4. The number of nitrogens with one attached hydrogen (secondary N) is 1. The number of piperidine rings is 1. The van der Waals surface area contributed by atoms with E-state index in [9.17, 15) is 5.11 Å². The Labute approximate surface area is 120 Å². The SMILES string of the molecule is Cl.OC1(COc2cccc3c2CCC3)CCNCC1. The smallest absolute Gasteiger partial charge is 0.122 e. The molecule has 1 aliphatic heterocycles. The summed E-state index contributed by atoms with van der Waals surface area (Å²) in [6.07, 6.45) is 5.07. The van der Waals surface area contributed by atoms with E-state index < -0.39 is 5.60 Å². The van der Waals surface area contributed by atoms with Crippen molar-refractivity contribution >= 4 is 12.4 Å². The summed E-state index contributed by atoms with van der Waals surface area (Å²) in [6.45, 7) is 2.19. The van der Waals surface area contributed by atoms with Gasteiger partial charge in [-0.2, -0.15) is 0 Å². The van der Waals surface area contributed by atoms with Crippen LogP contribution in [-0.4, -0.2) is 30.4 Å². The average molecular weight is 284 g/mol. The summed E-state index contributed by atoms with van der Waals surface area (Å²) in [6, 6.07) is 6.29. The van der Waals surface area contributed by atoms with Crippen LogP contribution >= 0.6 is 12.4 Å². The molecular formula is C15H22ClNO2. The van der Waals surface area contributed by atoms with Gasteiger partial charge < -0.3 is 15.2 Å². The molecule has 4 heteroatoms. The van der Waals surface area contributed by atoms with E-state index in [1.807, 2.05) is 6.07 Å². The molecule has 0 spiro atoms. The van der Waals surface area contributed by atoms with E-state index >= 15 is 0 Å². The molecule has 0 radical (unpaired) electrons. The molecule has 1 saturated heterocycles. The van der Waals surface area contributed by atoms with E-state index in [1.165, 1.54) is 24.0 Å². The van der Waals surface area contributed by atoms with Crippen LogP contribution in [0.25, 0.3) is 0 Å². The minimum absolute atomic E-state index is 0. The molecular weight excluding hydrogens is 262 g/mol. The molecule has 0 bridgehead atoms. The average Bonchev–Trinajstić information content (AvgIpc) is 2.86. The summed E-state index contributed by atoms with van der Waals surface area (Å²) in [5.74, 6) is 0.983. The van der Waals surface area contributed by atoms with Gasteiger partial charge in [0, 0.05) is 0 Å². The van der Waals surface area contributed by atoms with Crippen LogP contribution < -0.4 is 10.1 Å². The summed E-state index contributed by atoms with van der Waals surface area (Å²) >= 11 is 0. The first-order chi connectivity index (χ1) is 8.77. The highest BCUT2D eigenvalue weighted by Gasteiger charge is 2.30. The third-order valence-corrected chi connectivity index (χ3v) is 4.13. The Morgan fingerprint density at radius 3 is 2.79 bits per heavy atom. The Kier molecular flexibility index (Phi) is 4.71. The van der Waals surface area contributed by atoms with Gasteiger partial charge in [0.1, 0.15) is 18.0 Å². The number of fused-ring (bicyclic) bond motifs is 1. The first-order valence-corrected chi connectivity index (χ1v) is 6.94. The van der Waals surface area contributed by atoms with Crippen molar-refractivity contribution in [3.63, 3.8) is 0 Å². The quantitative estimate of drug-likeness (QED) is 0.893. The van der Waals surface area contributed by atoms with Gasteiger partial charge in [0.2, 0.25) is 0 Å². The van der Waals surface area contributed by atoms with Crippen LogP contribution in [0.1, 0.15) is 30.4 Å². The molecule has 0 saturated carbocycles. The maximum atomic E-state index is 10.4. The molecule has 3 nitrogen and oxygen atoms in total. The van der Waals surface area contributed by atoms with Crippen molar-refractivity contribution in [2.24, 2.45) is 0 Å². The number of ether oxygens (including phenoxy) is 1. The van der Waals surface area contributed by atoms with Gasteiger partial charge in [0.25, 0.3) is 0 Å². The number of rotatable bonds is 3. The number of benzene rings is 1. The van der Waals surface area contributed by atoms with Crippen molar-refractivity contribution in [3.8, 4) is 5.75 Å². The van der Waals surface area contributed by atoms with Crippen molar-refractivity contribution in [2.75, 3.05) is 19.7 Å². The monoisotopic (exact) mass is 283 g/mol. The third-order valence-electron chi connectivity index (χ3n) is 4.13. The van der Waals surface area contributed by atoms with E-state index in [0.29, 0.717) is 6.61 Å². The Morgan fingerprint density at radius 1 is 1.21 bits per heavy atom. The fraction of sp³-hybridized carbons (Fsp3) is 0.600. The highest BCUT2D eigenvalue weighted by Crippen LogP contribution is 2.31. The van der Waals surface area contributed by atoms with Crippen LogP contribution in [0, 0.1) is 0 Å². The minimum atomic E-state index is -0.646. The Morgan fingerprint density at radius 2 is 2.00 bits per heavy atom. The van der Waals surface area contributed by atoms with Crippen LogP contribution in [0.2, 0.25) is 0 Å². The van der Waals surface area contributed by atoms with E-state index in [0.717, 1.165) is 38.1 Å². The largest absolute Gasteiger partial charge is 0.490 e. The molecule has 1 heterocycles. The highest BCUT2D eigenvalue weighted by molar-refractivity contribution is 5.85. The first kappa shape index (κ1) is 14.6. The highest BCUT2D eigenvalue weighted by atomic mass is 35.5. The van der Waals surface area contributed by atoms with Gasteiger partial charge in [0.05, 0.1) is 0 Å². The van der Waals surface area contributed by atoms with Crippen LogP contribution in [0.4, 0.5) is 0 Å². The normalized spacial score (nSPS) is 20.5. The molecule has 1 aromatic rings. The minimum Gasteiger partial charge on any atom is -0.490 e. The lowest BCUT2D eigenvalue weighted by molar-refractivity contribution is -0.0287. The lowest BCUT2D eigenvalue weighted by Crippen LogP contribution is -2.46. The maximum Gasteiger partial charge on any atom is 0.122 e. The second kappa shape index (κ2) is 6.12. The van der Waals surface area contributed by atoms with Crippen LogP contribution in [0.3, 0.4) is 0 Å². The van der Waals surface area contributed by atoms with Gasteiger partial charge in [-0.15, -0.1) is 12.4 Å². The zero-order valence-corrected chi connectivity index (χ0v) is 12.0. The van der Waals surface area contributed by atoms with Gasteiger partial charge >= 0.3 is 0 Å². The van der Waals surface area contributed by atoms with Crippen LogP contribution in [0.5, 0.6) is 5.75 Å². The Balaban J connectivity index is 0.00000133. The number of hydrogen-bond donors (Lipinski definition) is 2. The second-order valence-corrected chi connectivity index (χ2v) is 5.51. The fourth-order valence-corrected chi connectivity index (χ4v) is 2.97. The molecule has 0 atom stereocenters. The number of halogens is 1. The summed E-state index contributed by atoms with van der Waals surface area (Å²) in [5, 5.41) is 13.7. The predicted molar refractivity (Wildman–Crippen MR) is 78.3 cm³/mol. The molecule has 1 aliphatic carbocycles. The zero-order chi connectivity index (χ0) is 12.4. The van der Waals surface area contributed by atoms with Crippen LogP contribution in [-0.2, 0) is 12.8 Å². The zero-order valence-electron chi connectivity index (χ0n) is 11.2. The van der Waals surface area contributed by atoms with E-state index in [4.69, 9.17) is 4.74 Å². The van der Waals surface area contributed by atoms with Crippen molar-refractivity contribution in [1.82, 2.24) is 5.32 Å². The van der Waals surface area contributed by atoms with Crippen molar-refractivity contribution in [1.29, 1.82) is 0 Å². The van der Waals surface area contributed by atoms with Gasteiger partial charge in [0.15, 0.2) is 0 Å². The van der Waals surface area contributed by atoms with Crippen molar-refractivity contribution < 1.29 is 9.84 Å². The topological polar surface area (TPSA) is 41.5 Å². The van der Waals surface area contributed by atoms with Crippen molar-refractivity contribution in [2.45, 2.75) is 37.7 Å². The van der Waals surface area contributed by atoms with Gasteiger partial charge in [-0.25, -0.2) is 0 Å². The lowest BCUT2D eigenvalue weighted by atomic mass is 9.93. The molecule has 106 valence electrons. The molecule has 3 rings (SSSR count). The third kappa shape index (κ3) is 3.22. The van der Waals surface area contributed by atoms with Gasteiger partial charge in [-0.05, 0) is 62.4 Å². The standard InChI is InChI=1S/C15H21NO2.ClH/c17-15(7-9-16-10-8-15)11-18-14-6-2-4-12-3-1-5-13(12)14;/h2,4,6,16-17H,1,3,5,7-11H2;1H. The summed E-state index contributed by atoms with van der Waals surface area (Å²) in [4.78, 5) is 0. The molecule has 0 unspecified atom stereocenters. The Hall–Kier alpha value is -0.770. The van der Waals surface area contributed by atoms with Crippen LogP contribution in [0.15, 0.2) is 18.2 Å². The molecule has 0 amide bonds. The van der Waals surface area contributed by atoms with E-state index in [1.54, 1.807) is 0 Å². The van der Waals surface area contributed by atoms with Crippen molar-refractivity contribution in [3.05, 3.63) is 29.3 Å². The number of aliphatic hydroxyl groups is 1. The van der Waals surface area contributed by atoms with Gasteiger partial charge in [-0.1, -0.05) is 12.1 Å². The number of aryl methyl sites for hydroxylation is 1. The van der Waals surface area contributed by atoms with Gasteiger partial charge in [-0.3, -0.25) is 0 Å². The number of hydrogen-bond acceptors (Lipinski definition) is 3. The summed E-state index contributed by atoms with van der Waals surface area (Å²) in [5.41, 5.74) is 2.13. The molecule has 2 N–H and O–H groups in total. The summed E-state index contributed by atoms with van der Waals surface area (Å²) < 4.78 is 5.91.